The average Bonchev–Trinajstić information content (AvgIpc) is 3.41. The molecule has 1 aliphatic rings. The van der Waals surface area contributed by atoms with E-state index in [1.54, 1.807) is 19.2 Å². The number of methoxy groups -OCH3 is 1. The van der Waals surface area contributed by atoms with Crippen LogP contribution in [0, 0.1) is 5.82 Å². The molecule has 1 aliphatic heterocycles. The Balaban J connectivity index is 1.41. The third-order valence-corrected chi connectivity index (χ3v) is 4.87. The van der Waals surface area contributed by atoms with Gasteiger partial charge in [-0.15, -0.1) is 0 Å². The van der Waals surface area contributed by atoms with Crippen LogP contribution in [0.5, 0.6) is 5.75 Å². The first kappa shape index (κ1) is 17.6. The normalized spacial score (nSPS) is 15.9. The number of ether oxygens (including phenoxy) is 2. The second-order valence-corrected chi connectivity index (χ2v) is 6.68. The number of rotatable bonds is 4. The fourth-order valence-electron chi connectivity index (χ4n) is 3.38. The molecule has 3 heterocycles. The first-order valence-electron chi connectivity index (χ1n) is 9.12. The molecule has 2 aromatic carbocycles. The van der Waals surface area contributed by atoms with Crippen molar-refractivity contribution in [3.63, 3.8) is 0 Å². The van der Waals surface area contributed by atoms with Crippen LogP contribution < -0.4 is 4.74 Å². The van der Waals surface area contributed by atoms with Gasteiger partial charge in [0, 0.05) is 0 Å². The number of nitrogens with zero attached hydrogens (tertiary/aromatic N) is 4. The minimum atomic E-state index is -0.270. The monoisotopic (exact) mass is 392 g/mol. The van der Waals surface area contributed by atoms with Gasteiger partial charge in [0.25, 0.3) is 5.89 Å². The summed E-state index contributed by atoms with van der Waals surface area (Å²) in [4.78, 5) is 4.47. The van der Waals surface area contributed by atoms with E-state index in [4.69, 9.17) is 14.0 Å². The minimum Gasteiger partial charge on any atom is -0.496 e. The maximum Gasteiger partial charge on any atom is 0.278 e. The maximum absolute atomic E-state index is 13.2. The maximum atomic E-state index is 13.2. The zero-order valence-electron chi connectivity index (χ0n) is 15.6. The molecule has 1 unspecified atom stereocenters. The fraction of sp³-hybridized carbons (Fsp3) is 0.190. The van der Waals surface area contributed by atoms with Crippen molar-refractivity contribution >= 4 is 0 Å². The summed E-state index contributed by atoms with van der Waals surface area (Å²) < 4.78 is 31.7. The van der Waals surface area contributed by atoms with Crippen LogP contribution in [0.25, 0.3) is 23.0 Å². The highest BCUT2D eigenvalue weighted by Gasteiger charge is 2.24. The van der Waals surface area contributed by atoms with Crippen molar-refractivity contribution in [2.75, 3.05) is 7.11 Å². The van der Waals surface area contributed by atoms with E-state index in [1.165, 1.54) is 12.1 Å². The third kappa shape index (κ3) is 3.27. The van der Waals surface area contributed by atoms with Gasteiger partial charge in [-0.3, -0.25) is 4.68 Å². The second kappa shape index (κ2) is 7.14. The van der Waals surface area contributed by atoms with E-state index in [-0.39, 0.29) is 11.9 Å². The van der Waals surface area contributed by atoms with Gasteiger partial charge in [0.05, 0.1) is 31.5 Å². The van der Waals surface area contributed by atoms with Crippen LogP contribution in [-0.2, 0) is 17.9 Å². The van der Waals surface area contributed by atoms with E-state index in [9.17, 15) is 4.39 Å². The van der Waals surface area contributed by atoms with Crippen LogP contribution in [0.2, 0.25) is 0 Å². The molecule has 146 valence electrons. The lowest BCUT2D eigenvalue weighted by Crippen LogP contribution is -2.21. The quantitative estimate of drug-likeness (QED) is 0.522. The smallest absolute Gasteiger partial charge is 0.278 e. The molecule has 29 heavy (non-hydrogen) atoms. The Kier molecular flexibility index (Phi) is 4.33. The molecule has 2 aromatic heterocycles. The lowest BCUT2D eigenvalue weighted by molar-refractivity contribution is -0.00116. The zero-order chi connectivity index (χ0) is 19.8. The Morgan fingerprint density at radius 1 is 1.14 bits per heavy atom. The number of benzene rings is 2. The van der Waals surface area contributed by atoms with E-state index in [1.807, 2.05) is 35.0 Å². The highest BCUT2D eigenvalue weighted by atomic mass is 19.1. The largest absolute Gasteiger partial charge is 0.496 e. The Labute approximate surface area is 165 Å². The van der Waals surface area contributed by atoms with Gasteiger partial charge in [0.15, 0.2) is 5.69 Å². The van der Waals surface area contributed by atoms with Gasteiger partial charge in [-0.05, 0) is 35.9 Å². The van der Waals surface area contributed by atoms with E-state index >= 15 is 0 Å². The fourth-order valence-corrected chi connectivity index (χ4v) is 3.38. The Morgan fingerprint density at radius 2 is 1.97 bits per heavy atom. The van der Waals surface area contributed by atoms with Gasteiger partial charge in [-0.1, -0.05) is 29.4 Å². The first-order valence-corrected chi connectivity index (χ1v) is 9.12. The zero-order valence-corrected chi connectivity index (χ0v) is 15.6. The van der Waals surface area contributed by atoms with Crippen molar-refractivity contribution in [3.05, 3.63) is 71.7 Å². The van der Waals surface area contributed by atoms with Gasteiger partial charge in [0.2, 0.25) is 5.82 Å². The molecule has 0 spiro atoms. The van der Waals surface area contributed by atoms with E-state index in [0.29, 0.717) is 36.3 Å². The molecule has 0 N–H and O–H groups in total. The van der Waals surface area contributed by atoms with E-state index in [0.717, 1.165) is 16.8 Å². The molecule has 5 rings (SSSR count). The Hall–Kier alpha value is -3.52. The van der Waals surface area contributed by atoms with Crippen LogP contribution >= 0.6 is 0 Å². The summed E-state index contributed by atoms with van der Waals surface area (Å²) in [7, 11) is 1.60. The molecule has 0 bridgehead atoms. The summed E-state index contributed by atoms with van der Waals surface area (Å²) in [6.45, 7) is 0.914. The van der Waals surface area contributed by atoms with Gasteiger partial charge in [-0.25, -0.2) is 4.39 Å². The van der Waals surface area contributed by atoms with Crippen LogP contribution in [0.3, 0.4) is 0 Å². The summed E-state index contributed by atoms with van der Waals surface area (Å²) in [5, 5.41) is 8.67. The van der Waals surface area contributed by atoms with Gasteiger partial charge in [-0.2, -0.15) is 10.1 Å². The molecule has 0 amide bonds. The third-order valence-electron chi connectivity index (χ3n) is 4.87. The van der Waals surface area contributed by atoms with Gasteiger partial charge >= 0.3 is 0 Å². The molecule has 8 heteroatoms. The summed E-state index contributed by atoms with van der Waals surface area (Å²) in [5.74, 6) is 1.16. The van der Waals surface area contributed by atoms with Crippen molar-refractivity contribution < 1.29 is 18.4 Å². The molecule has 7 nitrogen and oxygen atoms in total. The molecule has 0 aliphatic carbocycles. The highest BCUT2D eigenvalue weighted by molar-refractivity contribution is 5.65. The van der Waals surface area contributed by atoms with Crippen LogP contribution in [0.1, 0.15) is 17.4 Å². The number of aromatic nitrogens is 4. The molecule has 0 fully saturated rings. The second-order valence-electron chi connectivity index (χ2n) is 6.68. The van der Waals surface area contributed by atoms with Crippen LogP contribution in [0.15, 0.2) is 59.1 Å². The molecular formula is C21H17FN4O3. The molecule has 0 saturated heterocycles. The van der Waals surface area contributed by atoms with Crippen molar-refractivity contribution in [2.45, 2.75) is 19.3 Å². The topological polar surface area (TPSA) is 75.2 Å². The van der Waals surface area contributed by atoms with E-state index in [2.05, 4.69) is 15.2 Å². The standard InChI is InChI=1S/C21H17FN4O3/c1-27-18-5-3-2-4-16(18)20-23-21(29-25-20)17-10-15-12-28-19(11-26(15)24-17)13-6-8-14(22)9-7-13/h2-10,19H,11-12H2,1H3. The SMILES string of the molecule is COc1ccccc1-c1noc(-c2cc3n(n2)CC(c2ccc(F)cc2)OC3)n1. The average molecular weight is 392 g/mol. The lowest BCUT2D eigenvalue weighted by atomic mass is 10.1. The molecule has 0 saturated carbocycles. The number of para-hydroxylation sites is 1. The predicted octanol–water partition coefficient (Wildman–Crippen LogP) is 4.02. The molecule has 0 radical (unpaired) electrons. The number of halogens is 1. The summed E-state index contributed by atoms with van der Waals surface area (Å²) in [6.07, 6.45) is -0.192. The summed E-state index contributed by atoms with van der Waals surface area (Å²) >= 11 is 0. The minimum absolute atomic E-state index is 0.192. The Morgan fingerprint density at radius 3 is 2.79 bits per heavy atom. The number of hydrogen-bond acceptors (Lipinski definition) is 6. The van der Waals surface area contributed by atoms with Crippen molar-refractivity contribution in [2.24, 2.45) is 0 Å². The van der Waals surface area contributed by atoms with Gasteiger partial charge < -0.3 is 14.0 Å². The summed E-state index contributed by atoms with van der Waals surface area (Å²) in [5.41, 5.74) is 3.14. The molecule has 4 aromatic rings. The Bertz CT molecular complexity index is 1150. The first-order chi connectivity index (χ1) is 14.2. The van der Waals surface area contributed by atoms with E-state index < -0.39 is 0 Å². The molecule has 1 atom stereocenters. The van der Waals surface area contributed by atoms with Crippen molar-refractivity contribution in [3.8, 4) is 28.7 Å². The molecular weight excluding hydrogens is 375 g/mol. The lowest BCUT2D eigenvalue weighted by Gasteiger charge is -2.24. The van der Waals surface area contributed by atoms with Crippen LogP contribution in [0.4, 0.5) is 4.39 Å². The van der Waals surface area contributed by atoms with Crippen molar-refractivity contribution in [1.82, 2.24) is 19.9 Å². The summed E-state index contributed by atoms with van der Waals surface area (Å²) in [6, 6.07) is 15.7. The highest BCUT2D eigenvalue weighted by Crippen LogP contribution is 2.31. The van der Waals surface area contributed by atoms with Crippen LogP contribution in [-0.4, -0.2) is 27.0 Å². The van der Waals surface area contributed by atoms with Gasteiger partial charge in [0.1, 0.15) is 17.7 Å². The number of hydrogen-bond donors (Lipinski definition) is 0. The predicted molar refractivity (Wildman–Crippen MR) is 101 cm³/mol. The number of fused-ring (bicyclic) bond motifs is 1. The van der Waals surface area contributed by atoms with Crippen molar-refractivity contribution in [1.29, 1.82) is 0 Å².